The Balaban J connectivity index is 1.91. The van der Waals surface area contributed by atoms with Crippen molar-refractivity contribution in [3.05, 3.63) is 62.8 Å². The topological polar surface area (TPSA) is 45.8 Å². The fourth-order valence-electron chi connectivity index (χ4n) is 2.25. The minimum Gasteiger partial charge on any atom is -0.310 e. The van der Waals surface area contributed by atoms with E-state index >= 15 is 0 Å². The Morgan fingerprint density at radius 2 is 2.10 bits per heavy atom. The Morgan fingerprint density at radius 3 is 2.86 bits per heavy atom. The molecule has 0 radical (unpaired) electrons. The van der Waals surface area contributed by atoms with E-state index in [0.717, 1.165) is 17.8 Å². The van der Waals surface area contributed by atoms with Crippen LogP contribution in [0.2, 0.25) is 0 Å². The van der Waals surface area contributed by atoms with E-state index in [9.17, 15) is 18.0 Å². The highest BCUT2D eigenvalue weighted by atomic mass is 32.2. The van der Waals surface area contributed by atoms with Gasteiger partial charge in [-0.3, -0.25) is 4.79 Å². The second-order valence-electron chi connectivity index (χ2n) is 4.81. The molecule has 0 fully saturated rings. The van der Waals surface area contributed by atoms with Crippen LogP contribution in [0.3, 0.4) is 0 Å². The van der Waals surface area contributed by atoms with Crippen molar-refractivity contribution >= 4 is 11.8 Å². The summed E-state index contributed by atoms with van der Waals surface area (Å²) in [5, 5.41) is 0. The first-order chi connectivity index (χ1) is 9.93. The van der Waals surface area contributed by atoms with Crippen LogP contribution in [0.5, 0.6) is 0 Å². The van der Waals surface area contributed by atoms with Crippen molar-refractivity contribution in [3.63, 3.8) is 0 Å². The summed E-state index contributed by atoms with van der Waals surface area (Å²) in [6.07, 6.45) is -4.19. The van der Waals surface area contributed by atoms with E-state index in [1.165, 1.54) is 6.07 Å². The number of aromatic amines is 1. The molecule has 1 aliphatic rings. The Hall–Kier alpha value is -1.76. The molecule has 0 aliphatic carbocycles. The maximum atomic E-state index is 12.7. The number of H-pyrrole nitrogens is 1. The van der Waals surface area contributed by atoms with E-state index in [1.807, 2.05) is 0 Å². The van der Waals surface area contributed by atoms with Crippen LogP contribution >= 0.6 is 11.8 Å². The van der Waals surface area contributed by atoms with Crippen LogP contribution in [0.15, 0.2) is 29.1 Å². The number of aromatic nitrogens is 2. The summed E-state index contributed by atoms with van der Waals surface area (Å²) in [5.74, 6) is 1.72. The van der Waals surface area contributed by atoms with E-state index < -0.39 is 11.7 Å². The highest BCUT2D eigenvalue weighted by Gasteiger charge is 2.30. The zero-order valence-corrected chi connectivity index (χ0v) is 11.6. The van der Waals surface area contributed by atoms with Crippen LogP contribution in [-0.4, -0.2) is 9.97 Å². The molecule has 0 spiro atoms. The second-order valence-corrected chi connectivity index (χ2v) is 5.79. The van der Waals surface area contributed by atoms with Crippen LogP contribution in [0.25, 0.3) is 0 Å². The smallest absolute Gasteiger partial charge is 0.310 e. The highest BCUT2D eigenvalue weighted by Crippen LogP contribution is 2.30. The molecule has 0 unspecified atom stereocenters. The molecule has 2 heterocycles. The van der Waals surface area contributed by atoms with E-state index in [0.29, 0.717) is 28.5 Å². The lowest BCUT2D eigenvalue weighted by Crippen LogP contribution is -2.17. The van der Waals surface area contributed by atoms with Gasteiger partial charge in [-0.25, -0.2) is 4.98 Å². The number of rotatable bonds is 2. The van der Waals surface area contributed by atoms with Crippen molar-refractivity contribution in [2.24, 2.45) is 0 Å². The summed E-state index contributed by atoms with van der Waals surface area (Å²) in [6, 6.07) is 5.07. The quantitative estimate of drug-likeness (QED) is 0.927. The minimum absolute atomic E-state index is 0.178. The first-order valence-corrected chi connectivity index (χ1v) is 7.44. The van der Waals surface area contributed by atoms with Crippen LogP contribution in [0.4, 0.5) is 13.2 Å². The Bertz CT molecular complexity index is 740. The average molecular weight is 312 g/mol. The Labute approximate surface area is 122 Å². The van der Waals surface area contributed by atoms with Gasteiger partial charge in [-0.15, -0.1) is 0 Å². The number of alkyl halides is 3. The van der Waals surface area contributed by atoms with Crippen molar-refractivity contribution in [3.8, 4) is 0 Å². The second kappa shape index (κ2) is 5.22. The Morgan fingerprint density at radius 1 is 1.29 bits per heavy atom. The number of hydrogen-bond acceptors (Lipinski definition) is 3. The number of thioether (sulfide) groups is 1. The van der Waals surface area contributed by atoms with Gasteiger partial charge in [-0.1, -0.05) is 18.2 Å². The highest BCUT2D eigenvalue weighted by molar-refractivity contribution is 7.98. The summed E-state index contributed by atoms with van der Waals surface area (Å²) < 4.78 is 38.0. The molecule has 0 saturated carbocycles. The Kier molecular flexibility index (Phi) is 3.52. The lowest BCUT2D eigenvalue weighted by Gasteiger charge is -2.09. The first kappa shape index (κ1) is 14.2. The molecule has 1 aromatic heterocycles. The molecule has 7 heteroatoms. The maximum absolute atomic E-state index is 12.7. The largest absolute Gasteiger partial charge is 0.416 e. The monoisotopic (exact) mass is 312 g/mol. The maximum Gasteiger partial charge on any atom is 0.416 e. The molecule has 3 rings (SSSR count). The lowest BCUT2D eigenvalue weighted by molar-refractivity contribution is -0.137. The average Bonchev–Trinajstić information content (AvgIpc) is 2.87. The minimum atomic E-state index is -4.37. The molecule has 21 heavy (non-hydrogen) atoms. The summed E-state index contributed by atoms with van der Waals surface area (Å²) in [5.41, 5.74) is 1.00. The van der Waals surface area contributed by atoms with E-state index in [1.54, 1.807) is 17.8 Å². The number of halogens is 3. The first-order valence-electron chi connectivity index (χ1n) is 6.28. The zero-order valence-electron chi connectivity index (χ0n) is 10.8. The zero-order chi connectivity index (χ0) is 15.0. The number of benzene rings is 1. The van der Waals surface area contributed by atoms with Crippen molar-refractivity contribution in [1.82, 2.24) is 9.97 Å². The number of hydrogen-bond donors (Lipinski definition) is 1. The molecular weight excluding hydrogens is 301 g/mol. The molecule has 1 N–H and O–H groups in total. The normalized spacial score (nSPS) is 14.2. The number of nitrogens with zero attached hydrogens (tertiary/aromatic N) is 1. The van der Waals surface area contributed by atoms with Gasteiger partial charge >= 0.3 is 6.18 Å². The summed E-state index contributed by atoms with van der Waals surface area (Å²) in [4.78, 5) is 18.9. The van der Waals surface area contributed by atoms with Gasteiger partial charge in [0.1, 0.15) is 5.82 Å². The number of nitrogens with one attached hydrogen (secondary N) is 1. The fraction of sp³-hybridized carbons (Fsp3) is 0.286. The van der Waals surface area contributed by atoms with E-state index in [4.69, 9.17) is 0 Å². The fourth-order valence-corrected chi connectivity index (χ4v) is 3.28. The van der Waals surface area contributed by atoms with Gasteiger partial charge in [-0.05, 0) is 11.6 Å². The van der Waals surface area contributed by atoms with Gasteiger partial charge in [0.25, 0.3) is 5.56 Å². The van der Waals surface area contributed by atoms with Gasteiger partial charge in [0.15, 0.2) is 0 Å². The van der Waals surface area contributed by atoms with Gasteiger partial charge in [0.05, 0.1) is 11.3 Å². The van der Waals surface area contributed by atoms with Crippen LogP contribution in [0.1, 0.15) is 28.2 Å². The van der Waals surface area contributed by atoms with Gasteiger partial charge < -0.3 is 4.98 Å². The molecular formula is C14H11F3N2OS. The van der Waals surface area contributed by atoms with Crippen molar-refractivity contribution in [2.75, 3.05) is 0 Å². The molecule has 3 nitrogen and oxygen atoms in total. The van der Waals surface area contributed by atoms with Crippen LogP contribution in [-0.2, 0) is 24.1 Å². The molecule has 1 aromatic carbocycles. The van der Waals surface area contributed by atoms with E-state index in [2.05, 4.69) is 9.97 Å². The third kappa shape index (κ3) is 2.97. The predicted molar refractivity (Wildman–Crippen MR) is 74.1 cm³/mol. The molecule has 0 bridgehead atoms. The lowest BCUT2D eigenvalue weighted by atomic mass is 10.1. The van der Waals surface area contributed by atoms with Gasteiger partial charge in [-0.2, -0.15) is 24.9 Å². The van der Waals surface area contributed by atoms with E-state index in [-0.39, 0.29) is 12.0 Å². The molecule has 0 amide bonds. The summed E-state index contributed by atoms with van der Waals surface area (Å²) >= 11 is 1.61. The van der Waals surface area contributed by atoms with Crippen molar-refractivity contribution in [1.29, 1.82) is 0 Å². The third-order valence-electron chi connectivity index (χ3n) is 3.26. The molecule has 2 aromatic rings. The predicted octanol–water partition coefficient (Wildman–Crippen LogP) is 3.13. The van der Waals surface area contributed by atoms with Crippen LogP contribution in [0, 0.1) is 0 Å². The molecule has 0 atom stereocenters. The van der Waals surface area contributed by atoms with Crippen molar-refractivity contribution in [2.45, 2.75) is 24.1 Å². The van der Waals surface area contributed by atoms with Gasteiger partial charge in [0.2, 0.25) is 0 Å². The standard InChI is InChI=1S/C14H11F3N2OS/c15-14(16,17)9-3-1-2-8(4-9)5-12-18-11-7-21-6-10(11)13(20)19-12/h1-4H,5-7H2,(H,18,19,20). The van der Waals surface area contributed by atoms with Crippen molar-refractivity contribution < 1.29 is 13.2 Å². The van der Waals surface area contributed by atoms with Gasteiger partial charge in [0, 0.05) is 23.5 Å². The molecule has 0 saturated heterocycles. The summed E-state index contributed by atoms with van der Waals surface area (Å²) in [7, 11) is 0. The molecule has 1 aliphatic heterocycles. The number of fused-ring (bicyclic) bond motifs is 1. The summed E-state index contributed by atoms with van der Waals surface area (Å²) in [6.45, 7) is 0. The third-order valence-corrected chi connectivity index (χ3v) is 4.23. The van der Waals surface area contributed by atoms with Crippen LogP contribution < -0.4 is 5.56 Å². The molecule has 110 valence electrons. The SMILES string of the molecule is O=c1[nH]c(Cc2cccc(C(F)(F)F)c2)nc2c1CSC2.